The molecule has 1 heterocycles. The zero-order valence-electron chi connectivity index (χ0n) is 14.8. The molecule has 0 atom stereocenters. The number of hydrogen-bond acceptors (Lipinski definition) is 3. The molecule has 0 radical (unpaired) electrons. The summed E-state index contributed by atoms with van der Waals surface area (Å²) in [6, 6.07) is 8.02. The third kappa shape index (κ3) is 4.37. The van der Waals surface area contributed by atoms with Gasteiger partial charge in [0.15, 0.2) is 0 Å². The highest BCUT2D eigenvalue weighted by atomic mass is 16.3. The number of piperidine rings is 1. The fourth-order valence-electron chi connectivity index (χ4n) is 3.55. The molecule has 2 N–H and O–H groups in total. The van der Waals surface area contributed by atoms with E-state index in [1.54, 1.807) is 0 Å². The summed E-state index contributed by atoms with van der Waals surface area (Å²) in [6.45, 7) is 6.36. The van der Waals surface area contributed by atoms with Crippen LogP contribution in [0.25, 0.3) is 0 Å². The SMILES string of the molecule is CCC1(CNC(=O)c2ccc(CN3CCC(CO)CC3)cc2)CC1. The maximum absolute atomic E-state index is 12.3. The van der Waals surface area contributed by atoms with Gasteiger partial charge < -0.3 is 10.4 Å². The van der Waals surface area contributed by atoms with Crippen molar-refractivity contribution in [2.45, 2.75) is 45.6 Å². The molecule has 0 aromatic heterocycles. The first-order chi connectivity index (χ1) is 11.6. The molecular formula is C20H30N2O2. The van der Waals surface area contributed by atoms with Gasteiger partial charge in [0.05, 0.1) is 0 Å². The lowest BCUT2D eigenvalue weighted by atomic mass is 9.97. The molecule has 1 aromatic carbocycles. The van der Waals surface area contributed by atoms with Crippen LogP contribution in [0, 0.1) is 11.3 Å². The summed E-state index contributed by atoms with van der Waals surface area (Å²) >= 11 is 0. The van der Waals surface area contributed by atoms with Crippen molar-refractivity contribution in [3.8, 4) is 0 Å². The monoisotopic (exact) mass is 330 g/mol. The fraction of sp³-hybridized carbons (Fsp3) is 0.650. The molecule has 1 aliphatic carbocycles. The number of likely N-dealkylation sites (tertiary alicyclic amines) is 1. The zero-order valence-corrected chi connectivity index (χ0v) is 14.8. The van der Waals surface area contributed by atoms with E-state index in [9.17, 15) is 9.90 Å². The molecule has 4 heteroatoms. The number of benzene rings is 1. The van der Waals surface area contributed by atoms with E-state index in [4.69, 9.17) is 0 Å². The highest BCUT2D eigenvalue weighted by Gasteiger charge is 2.40. The van der Waals surface area contributed by atoms with Crippen molar-refractivity contribution in [3.63, 3.8) is 0 Å². The Bertz CT molecular complexity index is 543. The predicted octanol–water partition coefficient (Wildman–Crippen LogP) is 2.81. The summed E-state index contributed by atoms with van der Waals surface area (Å²) in [4.78, 5) is 14.7. The lowest BCUT2D eigenvalue weighted by Gasteiger charge is -2.31. The molecule has 1 saturated heterocycles. The molecule has 132 valence electrons. The lowest BCUT2D eigenvalue weighted by Crippen LogP contribution is -2.34. The van der Waals surface area contributed by atoms with Gasteiger partial charge in [-0.15, -0.1) is 0 Å². The highest BCUT2D eigenvalue weighted by molar-refractivity contribution is 5.94. The first-order valence-corrected chi connectivity index (χ1v) is 9.34. The number of nitrogens with one attached hydrogen (secondary N) is 1. The van der Waals surface area contributed by atoms with E-state index >= 15 is 0 Å². The summed E-state index contributed by atoms with van der Waals surface area (Å²) in [7, 11) is 0. The normalized spacial score (nSPS) is 20.8. The van der Waals surface area contributed by atoms with Crippen molar-refractivity contribution in [2.75, 3.05) is 26.2 Å². The van der Waals surface area contributed by atoms with Crippen molar-refractivity contribution in [1.29, 1.82) is 0 Å². The first-order valence-electron chi connectivity index (χ1n) is 9.34. The number of carbonyl (C=O) groups is 1. The highest BCUT2D eigenvalue weighted by Crippen LogP contribution is 2.47. The van der Waals surface area contributed by atoms with Crippen LogP contribution in [0.2, 0.25) is 0 Å². The fourth-order valence-corrected chi connectivity index (χ4v) is 3.55. The van der Waals surface area contributed by atoms with Crippen LogP contribution in [0.3, 0.4) is 0 Å². The van der Waals surface area contributed by atoms with Gasteiger partial charge in [-0.2, -0.15) is 0 Å². The van der Waals surface area contributed by atoms with Crippen LogP contribution >= 0.6 is 0 Å². The van der Waals surface area contributed by atoms with Gasteiger partial charge in [-0.3, -0.25) is 9.69 Å². The number of carbonyl (C=O) groups excluding carboxylic acids is 1. The van der Waals surface area contributed by atoms with Gasteiger partial charge in [-0.25, -0.2) is 0 Å². The third-order valence-corrected chi connectivity index (χ3v) is 5.92. The van der Waals surface area contributed by atoms with E-state index in [1.165, 1.54) is 18.4 Å². The maximum Gasteiger partial charge on any atom is 0.251 e. The summed E-state index contributed by atoms with van der Waals surface area (Å²) in [6.07, 6.45) is 5.80. The molecule has 0 unspecified atom stereocenters. The summed E-state index contributed by atoms with van der Waals surface area (Å²) in [5.74, 6) is 0.523. The molecule has 4 nitrogen and oxygen atoms in total. The molecular weight excluding hydrogens is 300 g/mol. The average Bonchev–Trinajstić information content (AvgIpc) is 3.41. The Balaban J connectivity index is 1.47. The Morgan fingerprint density at radius 1 is 1.25 bits per heavy atom. The van der Waals surface area contributed by atoms with E-state index in [-0.39, 0.29) is 5.91 Å². The van der Waals surface area contributed by atoms with Gasteiger partial charge >= 0.3 is 0 Å². The largest absolute Gasteiger partial charge is 0.396 e. The zero-order chi connectivity index (χ0) is 17.0. The molecule has 2 aliphatic rings. The van der Waals surface area contributed by atoms with Crippen molar-refractivity contribution in [3.05, 3.63) is 35.4 Å². The average molecular weight is 330 g/mol. The van der Waals surface area contributed by atoms with Gasteiger partial charge in [-0.1, -0.05) is 19.1 Å². The number of rotatable bonds is 7. The lowest BCUT2D eigenvalue weighted by molar-refractivity contribution is 0.0944. The summed E-state index contributed by atoms with van der Waals surface area (Å²) < 4.78 is 0. The van der Waals surface area contributed by atoms with Crippen molar-refractivity contribution in [2.24, 2.45) is 11.3 Å². The minimum Gasteiger partial charge on any atom is -0.396 e. The Labute approximate surface area is 145 Å². The second-order valence-corrected chi connectivity index (χ2v) is 7.64. The van der Waals surface area contributed by atoms with Crippen LogP contribution in [0.5, 0.6) is 0 Å². The molecule has 0 bridgehead atoms. The number of aliphatic hydroxyl groups excluding tert-OH is 1. The second-order valence-electron chi connectivity index (χ2n) is 7.64. The van der Waals surface area contributed by atoms with Crippen molar-refractivity contribution < 1.29 is 9.90 Å². The minimum absolute atomic E-state index is 0.0463. The standard InChI is InChI=1S/C20H30N2O2/c1-2-20(9-10-20)15-21-19(24)18-5-3-16(4-6-18)13-22-11-7-17(14-23)8-12-22/h3-6,17,23H,2,7-15H2,1H3,(H,21,24). The van der Waals surface area contributed by atoms with Crippen molar-refractivity contribution in [1.82, 2.24) is 10.2 Å². The third-order valence-electron chi connectivity index (χ3n) is 5.92. The van der Waals surface area contributed by atoms with Crippen LogP contribution in [-0.4, -0.2) is 42.2 Å². The van der Waals surface area contributed by atoms with Gasteiger partial charge in [0.2, 0.25) is 0 Å². The van der Waals surface area contributed by atoms with Crippen LogP contribution in [0.4, 0.5) is 0 Å². The van der Waals surface area contributed by atoms with Crippen molar-refractivity contribution >= 4 is 5.91 Å². The van der Waals surface area contributed by atoms with E-state index in [0.717, 1.165) is 51.0 Å². The van der Waals surface area contributed by atoms with Gasteiger partial charge in [0.1, 0.15) is 0 Å². The summed E-state index contributed by atoms with van der Waals surface area (Å²) in [5, 5.41) is 12.3. The van der Waals surface area contributed by atoms with Crippen LogP contribution < -0.4 is 5.32 Å². The molecule has 1 aliphatic heterocycles. The molecule has 2 fully saturated rings. The molecule has 1 saturated carbocycles. The Morgan fingerprint density at radius 2 is 1.92 bits per heavy atom. The van der Waals surface area contributed by atoms with Gasteiger partial charge in [-0.05, 0) is 74.2 Å². The quantitative estimate of drug-likeness (QED) is 0.808. The van der Waals surface area contributed by atoms with E-state index < -0.39 is 0 Å². The maximum atomic E-state index is 12.3. The number of aliphatic hydroxyl groups is 1. The van der Waals surface area contributed by atoms with E-state index in [1.807, 2.05) is 12.1 Å². The van der Waals surface area contributed by atoms with Crippen LogP contribution in [0.1, 0.15) is 54.9 Å². The van der Waals surface area contributed by atoms with E-state index in [2.05, 4.69) is 29.3 Å². The number of hydrogen-bond donors (Lipinski definition) is 2. The molecule has 1 aromatic rings. The topological polar surface area (TPSA) is 52.6 Å². The minimum atomic E-state index is 0.0463. The second kappa shape index (κ2) is 7.66. The molecule has 1 amide bonds. The first kappa shape index (κ1) is 17.4. The molecule has 3 rings (SSSR count). The predicted molar refractivity (Wildman–Crippen MR) is 95.8 cm³/mol. The van der Waals surface area contributed by atoms with E-state index in [0.29, 0.717) is 17.9 Å². The van der Waals surface area contributed by atoms with Crippen LogP contribution in [0.15, 0.2) is 24.3 Å². The molecule has 24 heavy (non-hydrogen) atoms. The van der Waals surface area contributed by atoms with Gasteiger partial charge in [0, 0.05) is 25.3 Å². The smallest absolute Gasteiger partial charge is 0.251 e. The number of nitrogens with zero attached hydrogens (tertiary/aromatic N) is 1. The van der Waals surface area contributed by atoms with Gasteiger partial charge in [0.25, 0.3) is 5.91 Å². The summed E-state index contributed by atoms with van der Waals surface area (Å²) in [5.41, 5.74) is 2.39. The Morgan fingerprint density at radius 3 is 2.46 bits per heavy atom. The Hall–Kier alpha value is -1.39. The van der Waals surface area contributed by atoms with Crippen LogP contribution in [-0.2, 0) is 6.54 Å². The number of amides is 1. The Kier molecular flexibility index (Phi) is 5.57. The molecule has 0 spiro atoms.